The number of hydrogen-bond donors (Lipinski definition) is 1. The number of amides is 1. The number of halogens is 3. The molecule has 4 rings (SSSR count). The van der Waals surface area contributed by atoms with E-state index in [9.17, 15) is 4.79 Å². The molecule has 1 amide bonds. The fraction of sp³-hybridized carbons (Fsp3) is 0.263. The zero-order valence-corrected chi connectivity index (χ0v) is 18.1. The molecule has 0 spiro atoms. The molecular formula is C19H17ClFIN4O2. The molecule has 0 atom stereocenters. The molecule has 9 heteroatoms. The molecule has 1 heterocycles. The van der Waals surface area contributed by atoms with Crippen molar-refractivity contribution in [1.29, 1.82) is 0 Å². The number of hydrogen-bond acceptors (Lipinski definition) is 4. The largest absolute Gasteiger partial charge is 0.351 e. The van der Waals surface area contributed by atoms with Crippen LogP contribution in [0.25, 0.3) is 11.0 Å². The normalized spacial score (nSPS) is 13.8. The highest BCUT2D eigenvalue weighted by Gasteiger charge is 2.36. The average Bonchev–Trinajstić information content (AvgIpc) is 3.42. The summed E-state index contributed by atoms with van der Waals surface area (Å²) < 4.78 is 18.0. The van der Waals surface area contributed by atoms with Crippen molar-refractivity contribution >= 4 is 62.5 Å². The first kappa shape index (κ1) is 19.4. The summed E-state index contributed by atoms with van der Waals surface area (Å²) in [4.78, 5) is 22.6. The molecule has 1 aliphatic rings. The topological polar surface area (TPSA) is 59.4 Å². The minimum absolute atomic E-state index is 0.0116. The van der Waals surface area contributed by atoms with Crippen LogP contribution < -0.4 is 5.32 Å². The van der Waals surface area contributed by atoms with Gasteiger partial charge in [-0.3, -0.25) is 9.63 Å². The maximum Gasteiger partial charge on any atom is 0.279 e. The number of hydroxylamine groups is 2. The fourth-order valence-electron chi connectivity index (χ4n) is 3.07. The van der Waals surface area contributed by atoms with Crippen molar-refractivity contribution in [3.05, 3.63) is 50.6 Å². The Balaban J connectivity index is 1.87. The fourth-order valence-corrected chi connectivity index (χ4v) is 3.97. The standard InChI is InChI=1S/C19H17ClFIN4O2/c1-25-9-23-18-15(25)8-12(19(27)26(28-2)11-4-5-11)17(16(18)21)24-14-6-3-10(22)7-13(14)20/h3,6-9,11,24H,4-5H2,1-2H3. The van der Waals surface area contributed by atoms with E-state index in [0.717, 1.165) is 16.4 Å². The number of imidazole rings is 1. The van der Waals surface area contributed by atoms with Gasteiger partial charge in [-0.05, 0) is 59.7 Å². The van der Waals surface area contributed by atoms with Crippen LogP contribution in [0.2, 0.25) is 5.02 Å². The van der Waals surface area contributed by atoms with Gasteiger partial charge in [-0.1, -0.05) is 11.6 Å². The van der Waals surface area contributed by atoms with Crippen molar-refractivity contribution < 1.29 is 14.0 Å². The lowest BCUT2D eigenvalue weighted by Gasteiger charge is -2.22. The van der Waals surface area contributed by atoms with Crippen LogP contribution in [0.3, 0.4) is 0 Å². The van der Waals surface area contributed by atoms with Gasteiger partial charge in [-0.15, -0.1) is 0 Å². The van der Waals surface area contributed by atoms with Crippen molar-refractivity contribution in [1.82, 2.24) is 14.6 Å². The smallest absolute Gasteiger partial charge is 0.279 e. The summed E-state index contributed by atoms with van der Waals surface area (Å²) in [7, 11) is 3.19. The minimum atomic E-state index is -0.608. The third-order valence-electron chi connectivity index (χ3n) is 4.66. The Morgan fingerprint density at radius 1 is 1.43 bits per heavy atom. The molecule has 28 heavy (non-hydrogen) atoms. The van der Waals surface area contributed by atoms with Crippen LogP contribution in [0.1, 0.15) is 23.2 Å². The molecule has 1 aliphatic carbocycles. The van der Waals surface area contributed by atoms with E-state index in [2.05, 4.69) is 32.9 Å². The molecule has 0 saturated heterocycles. The second-order valence-corrected chi connectivity index (χ2v) is 8.28. The molecule has 146 valence electrons. The molecule has 0 unspecified atom stereocenters. The first-order chi connectivity index (χ1) is 13.4. The molecule has 0 aliphatic heterocycles. The van der Waals surface area contributed by atoms with E-state index >= 15 is 4.39 Å². The predicted molar refractivity (Wildman–Crippen MR) is 114 cm³/mol. The Kier molecular flexibility index (Phi) is 5.19. The number of carbonyl (C=O) groups is 1. The Morgan fingerprint density at radius 3 is 2.82 bits per heavy atom. The monoisotopic (exact) mass is 514 g/mol. The molecule has 1 saturated carbocycles. The van der Waals surface area contributed by atoms with Crippen LogP contribution in [0, 0.1) is 9.39 Å². The number of aryl methyl sites for hydroxylation is 1. The van der Waals surface area contributed by atoms with Crippen LogP contribution in [-0.2, 0) is 11.9 Å². The number of nitrogens with zero attached hydrogens (tertiary/aromatic N) is 3. The van der Waals surface area contributed by atoms with Crippen LogP contribution >= 0.6 is 34.2 Å². The lowest BCUT2D eigenvalue weighted by molar-refractivity contribution is -0.101. The quantitative estimate of drug-likeness (QED) is 0.390. The van der Waals surface area contributed by atoms with Gasteiger partial charge in [-0.2, -0.15) is 0 Å². The van der Waals surface area contributed by atoms with Gasteiger partial charge in [0.05, 0.1) is 47.0 Å². The first-order valence-electron chi connectivity index (χ1n) is 8.64. The predicted octanol–water partition coefficient (Wildman–Crippen LogP) is 4.88. The molecule has 0 bridgehead atoms. The van der Waals surface area contributed by atoms with Gasteiger partial charge in [0, 0.05) is 10.6 Å². The Labute approximate surface area is 179 Å². The van der Waals surface area contributed by atoms with Crippen LogP contribution in [0.15, 0.2) is 30.6 Å². The Bertz CT molecular complexity index is 1080. The maximum absolute atomic E-state index is 15.4. The van der Waals surface area contributed by atoms with Crippen molar-refractivity contribution in [2.45, 2.75) is 18.9 Å². The summed E-state index contributed by atoms with van der Waals surface area (Å²) in [5, 5.41) is 4.73. The SMILES string of the molecule is CON(C(=O)c1cc2c(ncn2C)c(F)c1Nc1ccc(I)cc1Cl)C1CC1. The second kappa shape index (κ2) is 7.49. The molecule has 1 fully saturated rings. The van der Waals surface area contributed by atoms with Gasteiger partial charge in [-0.25, -0.2) is 14.4 Å². The number of carbonyl (C=O) groups excluding carboxylic acids is 1. The third kappa shape index (κ3) is 3.44. The van der Waals surface area contributed by atoms with E-state index in [0.29, 0.717) is 16.2 Å². The lowest BCUT2D eigenvalue weighted by atomic mass is 10.1. The lowest BCUT2D eigenvalue weighted by Crippen LogP contribution is -2.32. The summed E-state index contributed by atoms with van der Waals surface area (Å²) in [5.74, 6) is -1.01. The van der Waals surface area contributed by atoms with E-state index < -0.39 is 11.7 Å². The van der Waals surface area contributed by atoms with E-state index in [4.69, 9.17) is 16.4 Å². The zero-order chi connectivity index (χ0) is 20.0. The average molecular weight is 515 g/mol. The number of anilines is 2. The molecule has 6 nitrogen and oxygen atoms in total. The van der Waals surface area contributed by atoms with E-state index in [-0.39, 0.29) is 22.8 Å². The molecule has 2 aromatic carbocycles. The molecule has 1 aromatic heterocycles. The summed E-state index contributed by atoms with van der Waals surface area (Å²) in [6, 6.07) is 6.99. The van der Waals surface area contributed by atoms with Gasteiger partial charge < -0.3 is 9.88 Å². The van der Waals surface area contributed by atoms with Crippen molar-refractivity contribution in [3.63, 3.8) is 0 Å². The Morgan fingerprint density at radius 2 is 2.18 bits per heavy atom. The number of benzene rings is 2. The zero-order valence-electron chi connectivity index (χ0n) is 15.2. The third-order valence-corrected chi connectivity index (χ3v) is 5.64. The summed E-state index contributed by atoms with van der Waals surface area (Å²) in [5.41, 5.74) is 1.39. The summed E-state index contributed by atoms with van der Waals surface area (Å²) >= 11 is 8.45. The Hall–Kier alpha value is -1.91. The van der Waals surface area contributed by atoms with Crippen LogP contribution in [0.5, 0.6) is 0 Å². The molecule has 1 N–H and O–H groups in total. The molecule has 0 radical (unpaired) electrons. The maximum atomic E-state index is 15.4. The summed E-state index contributed by atoms with van der Waals surface area (Å²) in [6.45, 7) is 0. The number of fused-ring (bicyclic) bond motifs is 1. The number of rotatable bonds is 5. The summed E-state index contributed by atoms with van der Waals surface area (Å²) in [6.07, 6.45) is 3.24. The van der Waals surface area contributed by atoms with Crippen molar-refractivity contribution in [2.24, 2.45) is 7.05 Å². The second-order valence-electron chi connectivity index (χ2n) is 6.63. The van der Waals surface area contributed by atoms with Gasteiger partial charge in [0.25, 0.3) is 5.91 Å². The highest BCUT2D eigenvalue weighted by atomic mass is 127. The van der Waals surface area contributed by atoms with Gasteiger partial charge in [0.2, 0.25) is 0 Å². The van der Waals surface area contributed by atoms with Gasteiger partial charge >= 0.3 is 0 Å². The van der Waals surface area contributed by atoms with Gasteiger partial charge in [0.15, 0.2) is 5.82 Å². The number of nitrogens with one attached hydrogen (secondary N) is 1. The molecule has 3 aromatic rings. The van der Waals surface area contributed by atoms with Crippen LogP contribution in [0.4, 0.5) is 15.8 Å². The van der Waals surface area contributed by atoms with Crippen LogP contribution in [-0.4, -0.2) is 33.7 Å². The van der Waals surface area contributed by atoms with Crippen molar-refractivity contribution in [2.75, 3.05) is 12.4 Å². The van der Waals surface area contributed by atoms with Gasteiger partial charge in [0.1, 0.15) is 5.52 Å². The minimum Gasteiger partial charge on any atom is -0.351 e. The molecular weight excluding hydrogens is 498 g/mol. The van der Waals surface area contributed by atoms with E-state index in [1.54, 1.807) is 29.8 Å². The van der Waals surface area contributed by atoms with E-state index in [1.165, 1.54) is 18.5 Å². The first-order valence-corrected chi connectivity index (χ1v) is 10.1. The highest BCUT2D eigenvalue weighted by molar-refractivity contribution is 14.1. The highest BCUT2D eigenvalue weighted by Crippen LogP contribution is 2.36. The number of aromatic nitrogens is 2. The van der Waals surface area contributed by atoms with E-state index in [1.807, 2.05) is 6.07 Å². The van der Waals surface area contributed by atoms with Crippen molar-refractivity contribution in [3.8, 4) is 0 Å².